The number of halogens is 1. The highest BCUT2D eigenvalue weighted by Gasteiger charge is 2.29. The van der Waals surface area contributed by atoms with Crippen LogP contribution in [0.4, 0.5) is 10.1 Å². The lowest BCUT2D eigenvalue weighted by Gasteiger charge is -2.25. The van der Waals surface area contributed by atoms with Gasteiger partial charge in [0.05, 0.1) is 13.5 Å². The van der Waals surface area contributed by atoms with E-state index in [4.69, 9.17) is 4.74 Å². The summed E-state index contributed by atoms with van der Waals surface area (Å²) < 4.78 is 23.3. The molecule has 1 amide bonds. The molecule has 2 rings (SSSR count). The minimum Gasteiger partial charge on any atom is -0.469 e. The van der Waals surface area contributed by atoms with E-state index in [1.807, 2.05) is 0 Å². The maximum absolute atomic E-state index is 13.4. The Kier molecular flexibility index (Phi) is 5.27. The number of hydrogen-bond acceptors (Lipinski definition) is 4. The maximum atomic E-state index is 13.4. The Balaban J connectivity index is 2.16. The summed E-state index contributed by atoms with van der Waals surface area (Å²) >= 11 is 0. The molecule has 0 radical (unpaired) electrons. The number of hydrogen-bond donors (Lipinski definition) is 0. The van der Waals surface area contributed by atoms with Crippen molar-refractivity contribution < 1.29 is 23.5 Å². The van der Waals surface area contributed by atoms with Crippen LogP contribution >= 0.6 is 0 Å². The van der Waals surface area contributed by atoms with E-state index in [-0.39, 0.29) is 18.9 Å². The first-order chi connectivity index (χ1) is 10.1. The van der Waals surface area contributed by atoms with Gasteiger partial charge in [-0.2, -0.15) is 0 Å². The molecule has 1 aliphatic rings. The Hall–Kier alpha value is -1.95. The third-order valence-corrected chi connectivity index (χ3v) is 3.36. The fourth-order valence-corrected chi connectivity index (χ4v) is 2.26. The van der Waals surface area contributed by atoms with Gasteiger partial charge in [0, 0.05) is 18.8 Å². The summed E-state index contributed by atoms with van der Waals surface area (Å²) in [4.78, 5) is 25.2. The highest BCUT2D eigenvalue weighted by atomic mass is 19.1. The largest absolute Gasteiger partial charge is 0.469 e. The average molecular weight is 295 g/mol. The van der Waals surface area contributed by atoms with Crippen LogP contribution in [0.3, 0.4) is 0 Å². The Morgan fingerprint density at radius 3 is 2.90 bits per heavy atom. The van der Waals surface area contributed by atoms with Crippen LogP contribution < -0.4 is 4.90 Å². The lowest BCUT2D eigenvalue weighted by atomic mass is 10.2. The molecule has 1 unspecified atom stereocenters. The summed E-state index contributed by atoms with van der Waals surface area (Å²) in [7, 11) is 1.29. The van der Waals surface area contributed by atoms with Crippen LogP contribution in [-0.4, -0.2) is 38.2 Å². The molecule has 1 heterocycles. The van der Waals surface area contributed by atoms with E-state index in [0.29, 0.717) is 18.7 Å². The van der Waals surface area contributed by atoms with Crippen molar-refractivity contribution in [2.75, 3.05) is 25.2 Å². The van der Waals surface area contributed by atoms with E-state index in [2.05, 4.69) is 4.74 Å². The lowest BCUT2D eigenvalue weighted by Crippen LogP contribution is -2.40. The number of nitrogens with zero attached hydrogens (tertiary/aromatic N) is 1. The summed E-state index contributed by atoms with van der Waals surface area (Å²) in [5.74, 6) is -1.10. The summed E-state index contributed by atoms with van der Waals surface area (Å²) in [5.41, 5.74) is 0.416. The van der Waals surface area contributed by atoms with Crippen LogP contribution in [0.15, 0.2) is 24.3 Å². The monoisotopic (exact) mass is 295 g/mol. The van der Waals surface area contributed by atoms with E-state index >= 15 is 0 Å². The van der Waals surface area contributed by atoms with Gasteiger partial charge in [0.2, 0.25) is 0 Å². The smallest absolute Gasteiger partial charge is 0.307 e. The van der Waals surface area contributed by atoms with Gasteiger partial charge in [0.25, 0.3) is 5.91 Å². The minimum atomic E-state index is -0.522. The van der Waals surface area contributed by atoms with Crippen molar-refractivity contribution in [2.24, 2.45) is 0 Å². The Morgan fingerprint density at radius 2 is 2.29 bits per heavy atom. The Labute approximate surface area is 122 Å². The van der Waals surface area contributed by atoms with Crippen LogP contribution in [0.2, 0.25) is 0 Å². The van der Waals surface area contributed by atoms with E-state index in [9.17, 15) is 14.0 Å². The van der Waals surface area contributed by atoms with Crippen molar-refractivity contribution >= 4 is 17.6 Å². The standard InChI is InChI=1S/C15H18FNO4/c1-20-14(18)7-8-17(12-5-2-4-11(16)10-12)15(19)13-6-3-9-21-13/h2,4-5,10,13H,3,6-9H2,1H3. The Morgan fingerprint density at radius 1 is 1.48 bits per heavy atom. The molecule has 1 fully saturated rings. The van der Waals surface area contributed by atoms with E-state index in [0.717, 1.165) is 6.42 Å². The molecule has 1 aliphatic heterocycles. The van der Waals surface area contributed by atoms with Gasteiger partial charge in [-0.25, -0.2) is 4.39 Å². The van der Waals surface area contributed by atoms with Crippen molar-refractivity contribution in [1.29, 1.82) is 0 Å². The van der Waals surface area contributed by atoms with Crippen molar-refractivity contribution in [1.82, 2.24) is 0 Å². The number of anilines is 1. The maximum Gasteiger partial charge on any atom is 0.307 e. The normalized spacial score (nSPS) is 17.5. The minimum absolute atomic E-state index is 0.0471. The number of rotatable bonds is 5. The zero-order chi connectivity index (χ0) is 15.2. The Bertz CT molecular complexity index is 514. The van der Waals surface area contributed by atoms with Gasteiger partial charge < -0.3 is 14.4 Å². The number of amides is 1. The first kappa shape index (κ1) is 15.4. The van der Waals surface area contributed by atoms with Crippen molar-refractivity contribution in [3.8, 4) is 0 Å². The summed E-state index contributed by atoms with van der Waals surface area (Å²) in [6, 6.07) is 5.73. The summed E-state index contributed by atoms with van der Waals surface area (Å²) in [6.45, 7) is 0.680. The first-order valence-corrected chi connectivity index (χ1v) is 6.87. The van der Waals surface area contributed by atoms with Crippen LogP contribution in [0.5, 0.6) is 0 Å². The second-order valence-electron chi connectivity index (χ2n) is 4.80. The van der Waals surface area contributed by atoms with Crippen molar-refractivity contribution in [3.63, 3.8) is 0 Å². The SMILES string of the molecule is COC(=O)CCN(C(=O)C1CCCO1)c1cccc(F)c1. The number of carbonyl (C=O) groups excluding carboxylic acids is 2. The second kappa shape index (κ2) is 7.17. The number of benzene rings is 1. The van der Waals surface area contributed by atoms with E-state index < -0.39 is 17.9 Å². The van der Waals surface area contributed by atoms with Gasteiger partial charge in [-0.15, -0.1) is 0 Å². The number of ether oxygens (including phenoxy) is 2. The fraction of sp³-hybridized carbons (Fsp3) is 0.467. The lowest BCUT2D eigenvalue weighted by molar-refractivity contribution is -0.140. The summed E-state index contributed by atoms with van der Waals surface area (Å²) in [6.07, 6.45) is 0.990. The molecule has 0 saturated carbocycles. The first-order valence-electron chi connectivity index (χ1n) is 6.87. The number of esters is 1. The highest BCUT2D eigenvalue weighted by molar-refractivity contribution is 5.97. The molecular formula is C15H18FNO4. The zero-order valence-corrected chi connectivity index (χ0v) is 11.9. The van der Waals surface area contributed by atoms with Gasteiger partial charge in [-0.1, -0.05) is 6.07 Å². The van der Waals surface area contributed by atoms with Gasteiger partial charge in [-0.3, -0.25) is 9.59 Å². The highest BCUT2D eigenvalue weighted by Crippen LogP contribution is 2.21. The third kappa shape index (κ3) is 4.01. The fourth-order valence-electron chi connectivity index (χ4n) is 2.26. The zero-order valence-electron chi connectivity index (χ0n) is 11.9. The molecule has 0 bridgehead atoms. The molecule has 114 valence electrons. The molecule has 5 nitrogen and oxygen atoms in total. The molecule has 0 N–H and O–H groups in total. The van der Waals surface area contributed by atoms with E-state index in [1.54, 1.807) is 6.07 Å². The van der Waals surface area contributed by atoms with Crippen LogP contribution in [0.1, 0.15) is 19.3 Å². The quantitative estimate of drug-likeness (QED) is 0.779. The third-order valence-electron chi connectivity index (χ3n) is 3.36. The molecule has 0 aliphatic carbocycles. The average Bonchev–Trinajstić information content (AvgIpc) is 3.01. The van der Waals surface area contributed by atoms with Gasteiger partial charge in [0.15, 0.2) is 0 Å². The molecule has 1 aromatic carbocycles. The molecule has 1 saturated heterocycles. The molecule has 0 spiro atoms. The molecular weight excluding hydrogens is 277 g/mol. The van der Waals surface area contributed by atoms with E-state index in [1.165, 1.54) is 30.2 Å². The predicted octanol–water partition coefficient (Wildman–Crippen LogP) is 1.90. The van der Waals surface area contributed by atoms with Crippen LogP contribution in [0, 0.1) is 5.82 Å². The van der Waals surface area contributed by atoms with Gasteiger partial charge in [-0.05, 0) is 31.0 Å². The van der Waals surface area contributed by atoms with Crippen LogP contribution in [0.25, 0.3) is 0 Å². The topological polar surface area (TPSA) is 55.8 Å². The summed E-state index contributed by atoms with van der Waals surface area (Å²) in [5, 5.41) is 0. The molecule has 0 aromatic heterocycles. The van der Waals surface area contributed by atoms with Gasteiger partial charge >= 0.3 is 5.97 Å². The predicted molar refractivity (Wildman–Crippen MR) is 74.4 cm³/mol. The van der Waals surface area contributed by atoms with Crippen molar-refractivity contribution in [3.05, 3.63) is 30.1 Å². The molecule has 21 heavy (non-hydrogen) atoms. The number of carbonyl (C=O) groups is 2. The second-order valence-corrected chi connectivity index (χ2v) is 4.80. The number of methoxy groups -OCH3 is 1. The molecule has 6 heteroatoms. The molecule has 1 atom stereocenters. The van der Waals surface area contributed by atoms with Crippen LogP contribution in [-0.2, 0) is 19.1 Å². The van der Waals surface area contributed by atoms with Gasteiger partial charge in [0.1, 0.15) is 11.9 Å². The van der Waals surface area contributed by atoms with Crippen molar-refractivity contribution in [2.45, 2.75) is 25.4 Å². The molecule has 1 aromatic rings.